The van der Waals surface area contributed by atoms with Gasteiger partial charge in [0.2, 0.25) is 0 Å². The normalized spacial score (nSPS) is 15.7. The van der Waals surface area contributed by atoms with Gasteiger partial charge in [-0.2, -0.15) is 0 Å². The summed E-state index contributed by atoms with van der Waals surface area (Å²) < 4.78 is 0. The van der Waals surface area contributed by atoms with Gasteiger partial charge in [0.05, 0.1) is 0 Å². The van der Waals surface area contributed by atoms with Gasteiger partial charge in [0.25, 0.3) is 0 Å². The van der Waals surface area contributed by atoms with Crippen LogP contribution in [-0.4, -0.2) is 19.6 Å². The molecule has 0 aliphatic carbocycles. The SMILES string of the molecule is C#CCC(CC)NCc1ccc2c(c1)CCCN2C. The van der Waals surface area contributed by atoms with Crippen molar-refractivity contribution in [3.8, 4) is 12.3 Å². The molecule has 0 fully saturated rings. The van der Waals surface area contributed by atoms with E-state index in [-0.39, 0.29) is 0 Å². The molecule has 0 saturated heterocycles. The second-order valence-corrected chi connectivity index (χ2v) is 5.38. The smallest absolute Gasteiger partial charge is 0.0396 e. The van der Waals surface area contributed by atoms with Gasteiger partial charge in [0.15, 0.2) is 0 Å². The van der Waals surface area contributed by atoms with Crippen LogP contribution >= 0.6 is 0 Å². The van der Waals surface area contributed by atoms with E-state index in [2.05, 4.69) is 48.3 Å². The molecule has 1 aromatic carbocycles. The topological polar surface area (TPSA) is 15.3 Å². The molecule has 19 heavy (non-hydrogen) atoms. The summed E-state index contributed by atoms with van der Waals surface area (Å²) in [6.45, 7) is 4.26. The Morgan fingerprint density at radius 1 is 1.47 bits per heavy atom. The van der Waals surface area contributed by atoms with E-state index in [1.807, 2.05) is 0 Å². The third-order valence-electron chi connectivity index (χ3n) is 3.95. The highest BCUT2D eigenvalue weighted by molar-refractivity contribution is 5.56. The molecule has 2 rings (SSSR count). The maximum atomic E-state index is 5.38. The molecule has 1 N–H and O–H groups in total. The van der Waals surface area contributed by atoms with Gasteiger partial charge in [-0.25, -0.2) is 0 Å². The molecule has 102 valence electrons. The molecule has 2 nitrogen and oxygen atoms in total. The third kappa shape index (κ3) is 3.52. The average molecular weight is 256 g/mol. The van der Waals surface area contributed by atoms with Crippen LogP contribution in [0.4, 0.5) is 5.69 Å². The van der Waals surface area contributed by atoms with Crippen LogP contribution in [0.25, 0.3) is 0 Å². The fourth-order valence-electron chi connectivity index (χ4n) is 2.71. The molecule has 0 spiro atoms. The summed E-state index contributed by atoms with van der Waals surface area (Å²) in [6.07, 6.45) is 9.74. The Morgan fingerprint density at radius 2 is 2.32 bits per heavy atom. The monoisotopic (exact) mass is 256 g/mol. The van der Waals surface area contributed by atoms with Crippen molar-refractivity contribution in [2.24, 2.45) is 0 Å². The molecule has 0 bridgehead atoms. The van der Waals surface area contributed by atoms with E-state index in [9.17, 15) is 0 Å². The summed E-state index contributed by atoms with van der Waals surface area (Å²) in [6, 6.07) is 7.27. The standard InChI is InChI=1S/C17H24N2/c1-4-7-16(5-2)18-13-14-9-10-17-15(12-14)8-6-11-19(17)3/h1,9-10,12,16,18H,5-8,11,13H2,2-3H3. The maximum absolute atomic E-state index is 5.38. The molecule has 1 aromatic rings. The molecule has 1 unspecified atom stereocenters. The summed E-state index contributed by atoms with van der Waals surface area (Å²) in [5, 5.41) is 3.55. The first-order valence-electron chi connectivity index (χ1n) is 7.24. The van der Waals surface area contributed by atoms with Gasteiger partial charge in [-0.3, -0.25) is 0 Å². The first-order valence-corrected chi connectivity index (χ1v) is 7.24. The largest absolute Gasteiger partial charge is 0.374 e. The minimum Gasteiger partial charge on any atom is -0.374 e. The van der Waals surface area contributed by atoms with Crippen LogP contribution in [0, 0.1) is 12.3 Å². The van der Waals surface area contributed by atoms with E-state index in [4.69, 9.17) is 6.42 Å². The minimum absolute atomic E-state index is 0.434. The minimum atomic E-state index is 0.434. The quantitative estimate of drug-likeness (QED) is 0.815. The molecule has 2 heteroatoms. The summed E-state index contributed by atoms with van der Waals surface area (Å²) in [4.78, 5) is 2.35. The second kappa shape index (κ2) is 6.63. The van der Waals surface area contributed by atoms with Crippen molar-refractivity contribution in [2.45, 2.75) is 45.2 Å². The first kappa shape index (κ1) is 14.0. The highest BCUT2D eigenvalue weighted by Crippen LogP contribution is 2.26. The number of benzene rings is 1. The number of aryl methyl sites for hydroxylation is 1. The van der Waals surface area contributed by atoms with Crippen LogP contribution in [0.5, 0.6) is 0 Å². The number of hydrogen-bond acceptors (Lipinski definition) is 2. The van der Waals surface area contributed by atoms with Crippen molar-refractivity contribution < 1.29 is 0 Å². The summed E-state index contributed by atoms with van der Waals surface area (Å²) >= 11 is 0. The number of hydrogen-bond donors (Lipinski definition) is 1. The Bertz CT molecular complexity index is 459. The number of rotatable bonds is 5. The van der Waals surface area contributed by atoms with E-state index >= 15 is 0 Å². The van der Waals surface area contributed by atoms with Gasteiger partial charge in [0, 0.05) is 38.3 Å². The molecule has 0 radical (unpaired) electrons. The van der Waals surface area contributed by atoms with Crippen molar-refractivity contribution in [3.05, 3.63) is 29.3 Å². The zero-order chi connectivity index (χ0) is 13.7. The molecule has 1 atom stereocenters. The lowest BCUT2D eigenvalue weighted by atomic mass is 9.99. The lowest BCUT2D eigenvalue weighted by Crippen LogP contribution is -2.28. The van der Waals surface area contributed by atoms with E-state index in [0.29, 0.717) is 6.04 Å². The molecule has 0 amide bonds. The van der Waals surface area contributed by atoms with Gasteiger partial charge in [-0.1, -0.05) is 19.1 Å². The van der Waals surface area contributed by atoms with Gasteiger partial charge in [0.1, 0.15) is 0 Å². The Balaban J connectivity index is 2.00. The predicted octanol–water partition coefficient (Wildman–Crippen LogP) is 2.96. The number of fused-ring (bicyclic) bond motifs is 1. The lowest BCUT2D eigenvalue weighted by Gasteiger charge is -2.28. The Labute approximate surface area is 117 Å². The number of anilines is 1. The van der Waals surface area contributed by atoms with E-state index in [1.54, 1.807) is 0 Å². The van der Waals surface area contributed by atoms with Crippen LogP contribution in [0.1, 0.15) is 37.3 Å². The highest BCUT2D eigenvalue weighted by Gasteiger charge is 2.13. The van der Waals surface area contributed by atoms with Gasteiger partial charge >= 0.3 is 0 Å². The maximum Gasteiger partial charge on any atom is 0.0396 e. The number of terminal acetylenes is 1. The summed E-state index contributed by atoms with van der Waals surface area (Å²) in [5.41, 5.74) is 4.24. The molecule has 1 heterocycles. The van der Waals surface area contributed by atoms with Crippen molar-refractivity contribution in [1.82, 2.24) is 5.32 Å². The number of nitrogens with one attached hydrogen (secondary N) is 1. The zero-order valence-electron chi connectivity index (χ0n) is 12.1. The van der Waals surface area contributed by atoms with Crippen LogP contribution < -0.4 is 10.2 Å². The van der Waals surface area contributed by atoms with Crippen LogP contribution in [0.15, 0.2) is 18.2 Å². The molecule has 0 aromatic heterocycles. The average Bonchev–Trinajstić information content (AvgIpc) is 2.43. The van der Waals surface area contributed by atoms with Gasteiger partial charge < -0.3 is 10.2 Å². The number of nitrogens with zero attached hydrogens (tertiary/aromatic N) is 1. The molecule has 1 aliphatic heterocycles. The second-order valence-electron chi connectivity index (χ2n) is 5.38. The lowest BCUT2D eigenvalue weighted by molar-refractivity contribution is 0.506. The zero-order valence-corrected chi connectivity index (χ0v) is 12.1. The molecule has 1 aliphatic rings. The van der Waals surface area contributed by atoms with Crippen molar-refractivity contribution >= 4 is 5.69 Å². The Kier molecular flexibility index (Phi) is 4.87. The fraction of sp³-hybridized carbons (Fsp3) is 0.529. The fourth-order valence-corrected chi connectivity index (χ4v) is 2.71. The van der Waals surface area contributed by atoms with Crippen molar-refractivity contribution in [1.29, 1.82) is 0 Å². The summed E-state index contributed by atoms with van der Waals surface area (Å²) in [5.74, 6) is 2.74. The third-order valence-corrected chi connectivity index (χ3v) is 3.95. The Morgan fingerprint density at radius 3 is 3.05 bits per heavy atom. The predicted molar refractivity (Wildman–Crippen MR) is 82.4 cm³/mol. The van der Waals surface area contributed by atoms with Crippen molar-refractivity contribution in [2.75, 3.05) is 18.5 Å². The van der Waals surface area contributed by atoms with Gasteiger partial charge in [-0.05, 0) is 36.5 Å². The molecule has 0 saturated carbocycles. The van der Waals surface area contributed by atoms with Gasteiger partial charge in [-0.15, -0.1) is 12.3 Å². The highest BCUT2D eigenvalue weighted by atomic mass is 15.1. The van der Waals surface area contributed by atoms with Crippen LogP contribution in [0.2, 0.25) is 0 Å². The van der Waals surface area contributed by atoms with Crippen molar-refractivity contribution in [3.63, 3.8) is 0 Å². The van der Waals surface area contributed by atoms with E-state index in [0.717, 1.165) is 19.4 Å². The molecular formula is C17H24N2. The van der Waals surface area contributed by atoms with Crippen LogP contribution in [-0.2, 0) is 13.0 Å². The first-order chi connectivity index (χ1) is 9.24. The van der Waals surface area contributed by atoms with Crippen LogP contribution in [0.3, 0.4) is 0 Å². The van der Waals surface area contributed by atoms with E-state index in [1.165, 1.54) is 36.2 Å². The molecular weight excluding hydrogens is 232 g/mol. The summed E-state index contributed by atoms with van der Waals surface area (Å²) in [7, 11) is 2.18. The van der Waals surface area contributed by atoms with E-state index < -0.39 is 0 Å². The Hall–Kier alpha value is -1.46.